The Labute approximate surface area is 167 Å². The molecule has 0 atom stereocenters. The maximum Gasteiger partial charge on any atom is 0.234 e. The van der Waals surface area contributed by atoms with Crippen LogP contribution in [0.4, 0.5) is 5.82 Å². The lowest BCUT2D eigenvalue weighted by atomic mass is 10.0. The van der Waals surface area contributed by atoms with E-state index in [-0.39, 0.29) is 0 Å². The maximum absolute atomic E-state index is 5.97. The third kappa shape index (κ3) is 3.44. The molecule has 0 unspecified atom stereocenters. The van der Waals surface area contributed by atoms with Crippen LogP contribution in [0.25, 0.3) is 20.5 Å². The first-order valence-corrected chi connectivity index (χ1v) is 9.98. The number of rotatable bonds is 4. The minimum atomic E-state index is 0.522. The predicted molar refractivity (Wildman–Crippen MR) is 113 cm³/mol. The van der Waals surface area contributed by atoms with Crippen LogP contribution in [-0.4, -0.2) is 4.98 Å². The lowest BCUT2D eigenvalue weighted by Crippen LogP contribution is -2.10. The first-order valence-electron chi connectivity index (χ1n) is 9.17. The number of pyridine rings is 1. The lowest BCUT2D eigenvalue weighted by molar-refractivity contribution is 0.233. The monoisotopic (exact) mass is 386 g/mol. The van der Waals surface area contributed by atoms with Gasteiger partial charge < -0.3 is 14.8 Å². The van der Waals surface area contributed by atoms with Crippen LogP contribution in [0.1, 0.15) is 12.8 Å². The number of fused-ring (bicyclic) bond motifs is 1. The molecule has 0 fully saturated rings. The molecule has 3 heterocycles. The van der Waals surface area contributed by atoms with Gasteiger partial charge in [-0.15, -0.1) is 11.3 Å². The maximum atomic E-state index is 5.97. The largest absolute Gasteiger partial charge is 0.463 e. The molecule has 0 saturated carbocycles. The normalized spacial score (nSPS) is 15.9. The summed E-state index contributed by atoms with van der Waals surface area (Å²) in [5.74, 6) is 1.97. The van der Waals surface area contributed by atoms with Gasteiger partial charge in [0.2, 0.25) is 5.88 Å². The van der Waals surface area contributed by atoms with Crippen LogP contribution in [-0.2, 0) is 9.47 Å². The van der Waals surface area contributed by atoms with E-state index in [9.17, 15) is 0 Å². The number of benzene rings is 1. The second kappa shape index (κ2) is 7.37. The molecule has 0 spiro atoms. The zero-order valence-corrected chi connectivity index (χ0v) is 15.9. The van der Waals surface area contributed by atoms with E-state index in [4.69, 9.17) is 9.47 Å². The van der Waals surface area contributed by atoms with E-state index < -0.39 is 0 Å². The van der Waals surface area contributed by atoms with Crippen molar-refractivity contribution in [2.24, 2.45) is 0 Å². The minimum Gasteiger partial charge on any atom is -0.463 e. The first-order chi connectivity index (χ1) is 13.8. The fourth-order valence-electron chi connectivity index (χ4n) is 3.23. The Balaban J connectivity index is 1.35. The molecule has 1 aliphatic carbocycles. The van der Waals surface area contributed by atoms with Crippen molar-refractivity contribution >= 4 is 27.2 Å². The summed E-state index contributed by atoms with van der Waals surface area (Å²) in [6, 6.07) is 14.7. The zero-order chi connectivity index (χ0) is 18.8. The molecule has 3 aromatic rings. The minimum absolute atomic E-state index is 0.522. The molecule has 2 aromatic heterocycles. The number of anilines is 1. The average molecular weight is 386 g/mol. The number of thiophene rings is 1. The molecule has 5 heteroatoms. The molecule has 2 aliphatic rings. The van der Waals surface area contributed by atoms with Crippen LogP contribution in [0.15, 0.2) is 96.6 Å². The van der Waals surface area contributed by atoms with E-state index in [0.717, 1.165) is 29.7 Å². The van der Waals surface area contributed by atoms with Gasteiger partial charge in [-0.3, -0.25) is 0 Å². The van der Waals surface area contributed by atoms with Crippen molar-refractivity contribution in [2.45, 2.75) is 12.8 Å². The SMILES string of the molecule is C1=CCCC(C2=COC=C(Nc3cc(-c4cc5ccccc5s4)ccn3)O2)=C1. The smallest absolute Gasteiger partial charge is 0.234 e. The molecule has 0 radical (unpaired) electrons. The van der Waals surface area contributed by atoms with Crippen molar-refractivity contribution in [1.29, 1.82) is 0 Å². The Kier molecular flexibility index (Phi) is 4.43. The molecule has 0 saturated heterocycles. The molecule has 1 N–H and O–H groups in total. The van der Waals surface area contributed by atoms with E-state index in [1.54, 1.807) is 30.1 Å². The topological polar surface area (TPSA) is 43.4 Å². The molecule has 1 aromatic carbocycles. The van der Waals surface area contributed by atoms with Crippen LogP contribution < -0.4 is 5.32 Å². The van der Waals surface area contributed by atoms with Crippen LogP contribution in [0, 0.1) is 0 Å². The number of nitrogens with one attached hydrogen (secondary N) is 1. The van der Waals surface area contributed by atoms with Crippen LogP contribution in [0.5, 0.6) is 0 Å². The van der Waals surface area contributed by atoms with Gasteiger partial charge in [-0.25, -0.2) is 4.98 Å². The molecule has 138 valence electrons. The Morgan fingerprint density at radius 1 is 1.07 bits per heavy atom. The summed E-state index contributed by atoms with van der Waals surface area (Å²) in [4.78, 5) is 5.63. The average Bonchev–Trinajstić information content (AvgIpc) is 3.19. The summed E-state index contributed by atoms with van der Waals surface area (Å²) in [6.07, 6.45) is 13.2. The summed E-state index contributed by atoms with van der Waals surface area (Å²) in [6.45, 7) is 0. The van der Waals surface area contributed by atoms with Crippen molar-refractivity contribution in [3.05, 3.63) is 96.6 Å². The molecule has 4 nitrogen and oxygen atoms in total. The Morgan fingerprint density at radius 2 is 2.04 bits per heavy atom. The lowest BCUT2D eigenvalue weighted by Gasteiger charge is -2.20. The predicted octanol–water partition coefficient (Wildman–Crippen LogP) is 6.34. The van der Waals surface area contributed by atoms with Gasteiger partial charge in [0.15, 0.2) is 12.0 Å². The third-order valence-corrected chi connectivity index (χ3v) is 5.79. The quantitative estimate of drug-likeness (QED) is 0.568. The highest BCUT2D eigenvalue weighted by Crippen LogP contribution is 2.34. The molecule has 28 heavy (non-hydrogen) atoms. The molecule has 0 bridgehead atoms. The van der Waals surface area contributed by atoms with Crippen LogP contribution >= 0.6 is 11.3 Å². The molecule has 0 amide bonds. The summed E-state index contributed by atoms with van der Waals surface area (Å²) in [5, 5.41) is 4.47. The molecular weight excluding hydrogens is 368 g/mol. The van der Waals surface area contributed by atoms with E-state index in [1.165, 1.54) is 15.0 Å². The fraction of sp³-hybridized carbons (Fsp3) is 0.0870. The van der Waals surface area contributed by atoms with Gasteiger partial charge in [0, 0.05) is 15.8 Å². The van der Waals surface area contributed by atoms with Gasteiger partial charge in [0.25, 0.3) is 0 Å². The summed E-state index contributed by atoms with van der Waals surface area (Å²) < 4.78 is 12.7. The van der Waals surface area contributed by atoms with Crippen molar-refractivity contribution in [2.75, 3.05) is 5.32 Å². The number of hydrogen-bond acceptors (Lipinski definition) is 5. The number of nitrogens with zero attached hydrogens (tertiary/aromatic N) is 1. The summed E-state index contributed by atoms with van der Waals surface area (Å²) in [7, 11) is 0. The second-order valence-corrected chi connectivity index (χ2v) is 7.65. The number of ether oxygens (including phenoxy) is 2. The summed E-state index contributed by atoms with van der Waals surface area (Å²) >= 11 is 1.78. The highest BCUT2D eigenvalue weighted by atomic mass is 32.1. The zero-order valence-electron chi connectivity index (χ0n) is 15.1. The van der Waals surface area contributed by atoms with Crippen molar-refractivity contribution < 1.29 is 9.47 Å². The number of aromatic nitrogens is 1. The highest BCUT2D eigenvalue weighted by Gasteiger charge is 2.16. The number of hydrogen-bond donors (Lipinski definition) is 1. The number of allylic oxidation sites excluding steroid dienone is 4. The molecule has 1 aliphatic heterocycles. The van der Waals surface area contributed by atoms with Gasteiger partial charge in [-0.2, -0.15) is 0 Å². The van der Waals surface area contributed by atoms with Gasteiger partial charge >= 0.3 is 0 Å². The molecular formula is C23H18N2O2S. The first kappa shape index (κ1) is 16.8. The Hall–Kier alpha value is -3.31. The van der Waals surface area contributed by atoms with Gasteiger partial charge in [0.1, 0.15) is 12.1 Å². The highest BCUT2D eigenvalue weighted by molar-refractivity contribution is 7.22. The Morgan fingerprint density at radius 3 is 2.93 bits per heavy atom. The van der Waals surface area contributed by atoms with Crippen LogP contribution in [0.2, 0.25) is 0 Å². The fourth-order valence-corrected chi connectivity index (χ4v) is 4.29. The van der Waals surface area contributed by atoms with E-state index in [2.05, 4.69) is 52.8 Å². The standard InChI is InChI=1S/C23H18N2O2S/c1-2-6-16(7-3-1)19-14-26-15-23(27-19)25-22-13-18(10-11-24-22)21-12-17-8-4-5-9-20(17)28-21/h1-2,4-6,8-15H,3,7H2,(H,24,25). The van der Waals surface area contributed by atoms with E-state index >= 15 is 0 Å². The van der Waals surface area contributed by atoms with Gasteiger partial charge in [-0.05, 0) is 53.6 Å². The van der Waals surface area contributed by atoms with Crippen molar-refractivity contribution in [3.8, 4) is 10.4 Å². The molecule has 5 rings (SSSR count). The van der Waals surface area contributed by atoms with Crippen molar-refractivity contribution in [3.63, 3.8) is 0 Å². The third-order valence-electron chi connectivity index (χ3n) is 4.62. The van der Waals surface area contributed by atoms with Crippen molar-refractivity contribution in [1.82, 2.24) is 4.98 Å². The summed E-state index contributed by atoms with van der Waals surface area (Å²) in [5.41, 5.74) is 2.24. The second-order valence-electron chi connectivity index (χ2n) is 6.56. The Bertz CT molecular complexity index is 1120. The van der Waals surface area contributed by atoms with E-state index in [1.807, 2.05) is 18.2 Å². The van der Waals surface area contributed by atoms with E-state index in [0.29, 0.717) is 11.7 Å². The van der Waals surface area contributed by atoms with Gasteiger partial charge in [0.05, 0.1) is 0 Å². The van der Waals surface area contributed by atoms with Gasteiger partial charge in [-0.1, -0.05) is 36.4 Å². The van der Waals surface area contributed by atoms with Crippen LogP contribution in [0.3, 0.4) is 0 Å².